The molecule has 0 spiro atoms. The van der Waals surface area contributed by atoms with Crippen molar-refractivity contribution in [1.29, 1.82) is 0 Å². The summed E-state index contributed by atoms with van der Waals surface area (Å²) in [6.45, 7) is 2.18. The van der Waals surface area contributed by atoms with Gasteiger partial charge in [0.2, 0.25) is 0 Å². The summed E-state index contributed by atoms with van der Waals surface area (Å²) in [7, 11) is 2.85. The zero-order chi connectivity index (χ0) is 18.3. The fourth-order valence-corrected chi connectivity index (χ4v) is 3.06. The van der Waals surface area contributed by atoms with Crippen molar-refractivity contribution in [2.45, 2.75) is 38.6 Å². The van der Waals surface area contributed by atoms with E-state index in [1.807, 2.05) is 6.92 Å². The summed E-state index contributed by atoms with van der Waals surface area (Å²) in [5.41, 5.74) is -0.853. The number of carbonyl (C=O) groups excluding carboxylic acids is 2. The summed E-state index contributed by atoms with van der Waals surface area (Å²) in [5, 5.41) is 0. The van der Waals surface area contributed by atoms with Gasteiger partial charge < -0.3 is 9.30 Å². The summed E-state index contributed by atoms with van der Waals surface area (Å²) in [6, 6.07) is -1.23. The van der Waals surface area contributed by atoms with E-state index in [9.17, 15) is 19.2 Å². The Morgan fingerprint density at radius 1 is 1.20 bits per heavy atom. The van der Waals surface area contributed by atoms with Gasteiger partial charge in [0.05, 0.1) is 6.61 Å². The zero-order valence-electron chi connectivity index (χ0n) is 14.4. The lowest BCUT2D eigenvalue weighted by atomic mass is 10.0. The van der Waals surface area contributed by atoms with Crippen LogP contribution in [0.5, 0.6) is 0 Å². The number of aromatic nitrogens is 4. The van der Waals surface area contributed by atoms with Gasteiger partial charge in [-0.1, -0.05) is 13.3 Å². The number of unbranched alkanes of at least 4 members (excludes halogenated alkanes) is 1. The number of esters is 1. The van der Waals surface area contributed by atoms with E-state index in [-0.39, 0.29) is 30.0 Å². The molecule has 1 aliphatic heterocycles. The van der Waals surface area contributed by atoms with Crippen molar-refractivity contribution in [2.75, 3.05) is 6.61 Å². The largest absolute Gasteiger partial charge is 0.464 e. The highest BCUT2D eigenvalue weighted by Gasteiger charge is 2.38. The number of ketones is 1. The van der Waals surface area contributed by atoms with Crippen molar-refractivity contribution in [3.05, 3.63) is 26.7 Å². The topological polar surface area (TPSA) is 105 Å². The average molecular weight is 348 g/mol. The highest BCUT2D eigenvalue weighted by Crippen LogP contribution is 2.26. The van der Waals surface area contributed by atoms with Crippen molar-refractivity contribution < 1.29 is 14.3 Å². The second-order valence-electron chi connectivity index (χ2n) is 6.17. The minimum Gasteiger partial charge on any atom is -0.464 e. The molecule has 0 N–H and O–H groups in total. The Bertz CT molecular complexity index is 981. The normalized spacial score (nSPS) is 16.9. The Kier molecular flexibility index (Phi) is 4.32. The summed E-state index contributed by atoms with van der Waals surface area (Å²) < 4.78 is 8.73. The second kappa shape index (κ2) is 6.30. The molecule has 9 heteroatoms. The fourth-order valence-electron chi connectivity index (χ4n) is 3.06. The standard InChI is InChI=1S/C16H20N4O5/c1-4-5-8-25-15(23)11-9(21)6-7-10-17-13-12(20(10)11)14(22)19(3)16(24)18(13)2/h11H,4-8H2,1-3H3/t11-/m1/s1. The van der Waals surface area contributed by atoms with Crippen molar-refractivity contribution in [2.24, 2.45) is 14.1 Å². The number of nitrogens with zero attached hydrogens (tertiary/aromatic N) is 4. The minimum atomic E-state index is -1.23. The van der Waals surface area contributed by atoms with Crippen LogP contribution in [0.1, 0.15) is 38.1 Å². The molecule has 0 amide bonds. The average Bonchev–Trinajstić information content (AvgIpc) is 2.97. The molecule has 9 nitrogen and oxygen atoms in total. The number of ether oxygens (including phenoxy) is 1. The van der Waals surface area contributed by atoms with E-state index >= 15 is 0 Å². The van der Waals surface area contributed by atoms with E-state index < -0.39 is 23.3 Å². The van der Waals surface area contributed by atoms with Gasteiger partial charge in [-0.05, 0) is 6.42 Å². The third kappa shape index (κ3) is 2.59. The summed E-state index contributed by atoms with van der Waals surface area (Å²) in [5.74, 6) is -0.566. The maximum absolute atomic E-state index is 12.6. The van der Waals surface area contributed by atoms with Gasteiger partial charge in [-0.25, -0.2) is 14.6 Å². The minimum absolute atomic E-state index is 0.0742. The molecule has 0 fully saturated rings. The van der Waals surface area contributed by atoms with E-state index in [0.29, 0.717) is 18.7 Å². The number of aryl methyl sites for hydroxylation is 2. The van der Waals surface area contributed by atoms with Gasteiger partial charge in [-0.15, -0.1) is 0 Å². The molecule has 0 unspecified atom stereocenters. The summed E-state index contributed by atoms with van der Waals surface area (Å²) in [6.07, 6.45) is 2.00. The third-order valence-corrected chi connectivity index (χ3v) is 4.49. The predicted octanol–water partition coefficient (Wildman–Crippen LogP) is -0.167. The van der Waals surface area contributed by atoms with E-state index in [0.717, 1.165) is 11.0 Å². The van der Waals surface area contributed by atoms with Gasteiger partial charge in [-0.3, -0.25) is 18.7 Å². The van der Waals surface area contributed by atoms with Crippen LogP contribution >= 0.6 is 0 Å². The van der Waals surface area contributed by atoms with Gasteiger partial charge in [0.15, 0.2) is 23.0 Å². The van der Waals surface area contributed by atoms with Crippen LogP contribution in [-0.2, 0) is 34.8 Å². The maximum Gasteiger partial charge on any atom is 0.337 e. The van der Waals surface area contributed by atoms with Gasteiger partial charge in [0, 0.05) is 26.9 Å². The second-order valence-corrected chi connectivity index (χ2v) is 6.17. The molecule has 1 atom stereocenters. The lowest BCUT2D eigenvalue weighted by Crippen LogP contribution is -2.40. The lowest BCUT2D eigenvalue weighted by molar-refractivity contribution is -0.151. The lowest BCUT2D eigenvalue weighted by Gasteiger charge is -2.23. The molecule has 3 heterocycles. The quantitative estimate of drug-likeness (QED) is 0.432. The van der Waals surface area contributed by atoms with Crippen molar-refractivity contribution >= 4 is 22.9 Å². The van der Waals surface area contributed by atoms with Gasteiger partial charge in [0.1, 0.15) is 5.82 Å². The number of carbonyl (C=O) groups is 2. The highest BCUT2D eigenvalue weighted by atomic mass is 16.5. The molecule has 1 aliphatic rings. The molecule has 0 saturated heterocycles. The van der Waals surface area contributed by atoms with Gasteiger partial charge in [0.25, 0.3) is 5.56 Å². The molecule has 0 bridgehead atoms. The number of Topliss-reactive ketones (excluding diaryl/α,β-unsaturated/α-hetero) is 1. The molecule has 0 aromatic carbocycles. The van der Waals surface area contributed by atoms with E-state index in [2.05, 4.69) is 4.98 Å². The number of rotatable bonds is 4. The zero-order valence-corrected chi connectivity index (χ0v) is 14.4. The SMILES string of the molecule is CCCCOC(=O)[C@H]1C(=O)CCc2nc3c(c(=O)n(C)c(=O)n3C)n21. The molecule has 25 heavy (non-hydrogen) atoms. The number of hydrogen-bond donors (Lipinski definition) is 0. The van der Waals surface area contributed by atoms with Crippen LogP contribution in [0.3, 0.4) is 0 Å². The van der Waals surface area contributed by atoms with Gasteiger partial charge >= 0.3 is 11.7 Å². The van der Waals surface area contributed by atoms with Crippen molar-refractivity contribution in [3.63, 3.8) is 0 Å². The first-order valence-electron chi connectivity index (χ1n) is 8.24. The molecule has 0 aliphatic carbocycles. The van der Waals surface area contributed by atoms with Crippen LogP contribution < -0.4 is 11.2 Å². The number of hydrogen-bond acceptors (Lipinski definition) is 6. The molecular weight excluding hydrogens is 328 g/mol. The Labute approximate surface area is 142 Å². The van der Waals surface area contributed by atoms with Crippen molar-refractivity contribution in [1.82, 2.24) is 18.7 Å². The van der Waals surface area contributed by atoms with E-state index in [4.69, 9.17) is 4.74 Å². The predicted molar refractivity (Wildman–Crippen MR) is 88.4 cm³/mol. The Morgan fingerprint density at radius 3 is 2.60 bits per heavy atom. The molecule has 0 saturated carbocycles. The third-order valence-electron chi connectivity index (χ3n) is 4.49. The monoisotopic (exact) mass is 348 g/mol. The molecule has 0 radical (unpaired) electrons. The molecule has 2 aromatic heterocycles. The summed E-state index contributed by atoms with van der Waals surface area (Å²) >= 11 is 0. The van der Waals surface area contributed by atoms with Crippen LogP contribution in [0.15, 0.2) is 9.59 Å². The fraction of sp³-hybridized carbons (Fsp3) is 0.562. The van der Waals surface area contributed by atoms with Crippen LogP contribution in [-0.4, -0.2) is 37.0 Å². The molecule has 3 rings (SSSR count). The van der Waals surface area contributed by atoms with Crippen LogP contribution in [0.2, 0.25) is 0 Å². The highest BCUT2D eigenvalue weighted by molar-refractivity contribution is 6.03. The van der Waals surface area contributed by atoms with Gasteiger partial charge in [-0.2, -0.15) is 0 Å². The van der Waals surface area contributed by atoms with Crippen molar-refractivity contribution in [3.8, 4) is 0 Å². The summed E-state index contributed by atoms with van der Waals surface area (Å²) in [4.78, 5) is 53.9. The molecule has 134 valence electrons. The molecule has 2 aromatic rings. The Balaban J connectivity index is 2.21. The van der Waals surface area contributed by atoms with E-state index in [1.165, 1.54) is 23.2 Å². The maximum atomic E-state index is 12.6. The van der Waals surface area contributed by atoms with Crippen LogP contribution in [0.25, 0.3) is 11.2 Å². The molecular formula is C16H20N4O5. The first-order chi connectivity index (χ1) is 11.9. The van der Waals surface area contributed by atoms with E-state index in [1.54, 1.807) is 0 Å². The Morgan fingerprint density at radius 2 is 1.92 bits per heavy atom. The Hall–Kier alpha value is -2.71. The van der Waals surface area contributed by atoms with Crippen LogP contribution in [0.4, 0.5) is 0 Å². The smallest absolute Gasteiger partial charge is 0.337 e. The van der Waals surface area contributed by atoms with Crippen LogP contribution in [0, 0.1) is 0 Å². The first kappa shape index (κ1) is 17.1. The first-order valence-corrected chi connectivity index (χ1v) is 8.24. The number of fused-ring (bicyclic) bond motifs is 3. The number of imidazole rings is 1.